The number of allylic oxidation sites excluding steroid dienone is 2. The van der Waals surface area contributed by atoms with Gasteiger partial charge in [-0.1, -0.05) is 30.3 Å². The van der Waals surface area contributed by atoms with Gasteiger partial charge in [0, 0.05) is 52.9 Å². The molecule has 0 aliphatic carbocycles. The molecule has 225 valence electrons. The molecule has 0 saturated heterocycles. The number of hydrogen-bond acceptors (Lipinski definition) is 7. The number of likely N-dealkylation sites (N-methyl/N-ethyl adjacent to an activating group) is 1. The van der Waals surface area contributed by atoms with E-state index in [2.05, 4.69) is 65.3 Å². The number of carbonyl (C=O) groups is 2. The standard InChI is InChI=1S/C30H31N3O4.C2H4O2.Cu/c1-5-33-26-16-15-24(36-3)19-25(26)30(2,20-21-9-7-6-8-10-21)27(33)17-18-31-32-28(34)22-11-13-23(14-12-22)29(35)37-4;1-2(3)4;/h6-19H,5,20H2,1-4H3,(H,32,34);1H3,(H,3,4);/b27-17-,31-18+;;. The number of aliphatic hydroxyl groups is 1. The molecule has 0 aromatic heterocycles. The number of esters is 1. The van der Waals surface area contributed by atoms with Gasteiger partial charge in [-0.2, -0.15) is 5.10 Å². The summed E-state index contributed by atoms with van der Waals surface area (Å²) >= 11 is 0. The van der Waals surface area contributed by atoms with E-state index in [1.165, 1.54) is 18.2 Å². The fourth-order valence-electron chi connectivity index (χ4n) is 4.81. The van der Waals surface area contributed by atoms with E-state index < -0.39 is 11.9 Å². The summed E-state index contributed by atoms with van der Waals surface area (Å²) in [7, 11) is 3.00. The van der Waals surface area contributed by atoms with Crippen LogP contribution in [0, 0.1) is 0 Å². The van der Waals surface area contributed by atoms with Crippen LogP contribution < -0.4 is 9.64 Å². The van der Waals surface area contributed by atoms with E-state index in [0.29, 0.717) is 11.1 Å². The molecule has 10 heteroatoms. The fraction of sp³-hybridized carbons (Fsp3) is 0.250. The monoisotopic (exact) mass is 620 g/mol. The maximum atomic E-state index is 11.6. The summed E-state index contributed by atoms with van der Waals surface area (Å²) < 4.78 is 10.2. The first-order chi connectivity index (χ1) is 19.6. The zero-order valence-corrected chi connectivity index (χ0v) is 25.1. The number of fused-ring (bicyclic) bond motifs is 1. The van der Waals surface area contributed by atoms with Crippen LogP contribution in [0.4, 0.5) is 5.69 Å². The van der Waals surface area contributed by atoms with Crippen molar-refractivity contribution in [1.82, 2.24) is 0 Å². The van der Waals surface area contributed by atoms with Crippen LogP contribution in [0.25, 0.3) is 0 Å². The number of carboxylic acid groups (broad SMARTS) is 1. The molecule has 3 aromatic carbocycles. The molecule has 3 aromatic rings. The van der Waals surface area contributed by atoms with E-state index in [1.807, 2.05) is 18.2 Å². The molecular weight excluding hydrogens is 586 g/mol. The number of carboxylic acids is 1. The van der Waals surface area contributed by atoms with Crippen LogP contribution in [-0.4, -0.2) is 55.0 Å². The predicted molar refractivity (Wildman–Crippen MR) is 160 cm³/mol. The smallest absolute Gasteiger partial charge is 0.337 e. The Balaban J connectivity index is 0.00000116. The van der Waals surface area contributed by atoms with Crippen molar-refractivity contribution in [3.63, 3.8) is 0 Å². The topological polar surface area (TPSA) is 121 Å². The van der Waals surface area contributed by atoms with Gasteiger partial charge in [-0.3, -0.25) is 4.79 Å². The third kappa shape index (κ3) is 8.09. The van der Waals surface area contributed by atoms with Crippen LogP contribution in [0.5, 0.6) is 5.75 Å². The van der Waals surface area contributed by atoms with E-state index in [9.17, 15) is 9.90 Å². The molecule has 1 aliphatic heterocycles. The van der Waals surface area contributed by atoms with Crippen molar-refractivity contribution in [1.29, 1.82) is 0 Å². The van der Waals surface area contributed by atoms with Crippen LogP contribution >= 0.6 is 0 Å². The Morgan fingerprint density at radius 1 is 0.976 bits per heavy atom. The Morgan fingerprint density at radius 3 is 2.17 bits per heavy atom. The molecule has 1 aliphatic rings. The average Bonchev–Trinajstić information content (AvgIpc) is 3.20. The zero-order valence-electron chi connectivity index (χ0n) is 24.2. The second-order valence-corrected chi connectivity index (χ2v) is 9.45. The third-order valence-corrected chi connectivity index (χ3v) is 6.68. The van der Waals surface area contributed by atoms with E-state index >= 15 is 0 Å². The molecule has 1 unspecified atom stereocenters. The summed E-state index contributed by atoms with van der Waals surface area (Å²) in [6, 6.07) is 22.9. The Labute approximate surface area is 256 Å². The summed E-state index contributed by atoms with van der Waals surface area (Å²) in [5, 5.41) is 25.9. The SMILES string of the molecule is CC(=O)O.CCN1\C(=C/C=N/N=C(\O)c2ccc(C(=O)OC)cc2)C(C)(Cc2ccccc2)c2cc(OC)ccc21.[Cu]. The van der Waals surface area contributed by atoms with Gasteiger partial charge in [-0.25, -0.2) is 4.79 Å². The van der Waals surface area contributed by atoms with E-state index in [4.69, 9.17) is 19.4 Å². The first-order valence-corrected chi connectivity index (χ1v) is 13.0. The third-order valence-electron chi connectivity index (χ3n) is 6.68. The number of aliphatic carboxylic acids is 1. The maximum Gasteiger partial charge on any atom is 0.337 e. The molecule has 2 N–H and O–H groups in total. The number of methoxy groups -OCH3 is 2. The second kappa shape index (κ2) is 15.6. The van der Waals surface area contributed by atoms with Crippen LogP contribution in [0.3, 0.4) is 0 Å². The largest absolute Gasteiger partial charge is 0.497 e. The summed E-state index contributed by atoms with van der Waals surface area (Å²) in [4.78, 5) is 22.9. The number of rotatable bonds is 8. The van der Waals surface area contributed by atoms with Crippen LogP contribution in [0.1, 0.15) is 47.8 Å². The number of benzene rings is 3. The summed E-state index contributed by atoms with van der Waals surface area (Å²) in [5.41, 5.74) is 5.15. The minimum atomic E-state index is -0.833. The van der Waals surface area contributed by atoms with Crippen molar-refractivity contribution in [3.05, 3.63) is 107 Å². The minimum absolute atomic E-state index is 0. The van der Waals surface area contributed by atoms with Gasteiger partial charge in [0.25, 0.3) is 5.97 Å². The van der Waals surface area contributed by atoms with Crippen molar-refractivity contribution in [2.75, 3.05) is 25.7 Å². The number of nitrogens with zero attached hydrogens (tertiary/aromatic N) is 3. The van der Waals surface area contributed by atoms with Gasteiger partial charge in [-0.05, 0) is 79.9 Å². The molecule has 1 radical (unpaired) electrons. The molecule has 1 heterocycles. The number of anilines is 1. The van der Waals surface area contributed by atoms with Crippen LogP contribution in [-0.2, 0) is 38.4 Å². The number of aliphatic hydroxyl groups excluding tert-OH is 1. The Kier molecular flexibility index (Phi) is 12.5. The molecule has 0 saturated carbocycles. The minimum Gasteiger partial charge on any atom is -0.497 e. The van der Waals surface area contributed by atoms with Gasteiger partial charge in [0.2, 0.25) is 5.90 Å². The average molecular weight is 621 g/mol. The van der Waals surface area contributed by atoms with Crippen molar-refractivity contribution >= 4 is 29.7 Å². The van der Waals surface area contributed by atoms with Crippen LogP contribution in [0.2, 0.25) is 0 Å². The molecule has 1 atom stereocenters. The molecule has 9 nitrogen and oxygen atoms in total. The number of carbonyl (C=O) groups excluding carboxylic acids is 1. The Morgan fingerprint density at radius 2 is 1.60 bits per heavy atom. The molecule has 0 spiro atoms. The van der Waals surface area contributed by atoms with Gasteiger partial charge in [-0.15, -0.1) is 5.10 Å². The quantitative estimate of drug-likeness (QED) is 0.108. The van der Waals surface area contributed by atoms with Gasteiger partial charge in [0.1, 0.15) is 5.75 Å². The summed E-state index contributed by atoms with van der Waals surface area (Å²) in [6.45, 7) is 6.22. The van der Waals surface area contributed by atoms with Gasteiger partial charge < -0.3 is 24.6 Å². The van der Waals surface area contributed by atoms with E-state index in [1.54, 1.807) is 37.6 Å². The summed E-state index contributed by atoms with van der Waals surface area (Å²) in [6.07, 6.45) is 4.35. The summed E-state index contributed by atoms with van der Waals surface area (Å²) in [5.74, 6) is -0.705. The molecule has 42 heavy (non-hydrogen) atoms. The molecule has 0 fully saturated rings. The van der Waals surface area contributed by atoms with Gasteiger partial charge in [0.15, 0.2) is 0 Å². The first-order valence-electron chi connectivity index (χ1n) is 13.0. The maximum absolute atomic E-state index is 11.6. The number of ether oxygens (including phenoxy) is 2. The van der Waals surface area contributed by atoms with E-state index in [-0.39, 0.29) is 28.4 Å². The van der Waals surface area contributed by atoms with Crippen molar-refractivity contribution in [3.8, 4) is 5.75 Å². The fourth-order valence-corrected chi connectivity index (χ4v) is 4.81. The van der Waals surface area contributed by atoms with Gasteiger partial charge >= 0.3 is 5.97 Å². The number of hydrogen-bond donors (Lipinski definition) is 2. The molecule has 0 bridgehead atoms. The Hall–Kier alpha value is -4.40. The Bertz CT molecular complexity index is 1450. The normalized spacial score (nSPS) is 16.7. The molecule has 4 rings (SSSR count). The van der Waals surface area contributed by atoms with E-state index in [0.717, 1.165) is 37.0 Å². The molecule has 0 amide bonds. The zero-order chi connectivity index (χ0) is 30.0. The van der Waals surface area contributed by atoms with Crippen LogP contribution in [0.15, 0.2) is 94.8 Å². The second-order valence-electron chi connectivity index (χ2n) is 9.45. The van der Waals surface area contributed by atoms with Crippen molar-refractivity contribution < 1.29 is 46.3 Å². The van der Waals surface area contributed by atoms with Crippen molar-refractivity contribution in [2.45, 2.75) is 32.6 Å². The predicted octanol–water partition coefficient (Wildman–Crippen LogP) is 5.79. The first kappa shape index (κ1) is 33.8. The van der Waals surface area contributed by atoms with Gasteiger partial charge in [0.05, 0.1) is 26.0 Å². The van der Waals surface area contributed by atoms with Crippen molar-refractivity contribution in [2.24, 2.45) is 10.2 Å². The molecular formula is C32H35CuN3O6.